The van der Waals surface area contributed by atoms with Gasteiger partial charge in [-0.25, -0.2) is 0 Å². The van der Waals surface area contributed by atoms with Crippen LogP contribution in [-0.2, 0) is 4.74 Å². The topological polar surface area (TPSA) is 78.7 Å². The Kier molecular flexibility index (Phi) is 4.90. The van der Waals surface area contributed by atoms with Crippen molar-refractivity contribution in [2.24, 2.45) is 0 Å². The number of hydrogen-bond acceptors (Lipinski definition) is 5. The van der Waals surface area contributed by atoms with Gasteiger partial charge in [0.1, 0.15) is 11.9 Å². The van der Waals surface area contributed by atoms with E-state index in [1.165, 1.54) is 19.1 Å². The number of carbonyl (C=O) groups excluding carboxylic acids is 1. The third-order valence-corrected chi connectivity index (χ3v) is 3.76. The fraction of sp³-hybridized carbons (Fsp3) is 0.533. The molecule has 1 aliphatic carbocycles. The van der Waals surface area contributed by atoms with Crippen LogP contribution in [0.4, 0.5) is 5.69 Å². The third kappa shape index (κ3) is 3.78. The van der Waals surface area contributed by atoms with Crippen molar-refractivity contribution in [3.63, 3.8) is 0 Å². The number of nitro benzene ring substituents is 1. The largest absolute Gasteiger partial charge is 0.490 e. The normalized spacial score (nSPS) is 21.8. The van der Waals surface area contributed by atoms with Gasteiger partial charge in [-0.3, -0.25) is 14.9 Å². The van der Waals surface area contributed by atoms with E-state index in [1.807, 2.05) is 0 Å². The van der Waals surface area contributed by atoms with Crippen LogP contribution in [0.25, 0.3) is 0 Å². The van der Waals surface area contributed by atoms with Gasteiger partial charge in [0.25, 0.3) is 5.69 Å². The number of benzene rings is 1. The second kappa shape index (κ2) is 6.67. The highest BCUT2D eigenvalue weighted by molar-refractivity contribution is 5.98. The molecular weight excluding hydrogens is 274 g/mol. The van der Waals surface area contributed by atoms with E-state index >= 15 is 0 Å². The maximum absolute atomic E-state index is 11.4. The van der Waals surface area contributed by atoms with Crippen LogP contribution in [0.15, 0.2) is 18.2 Å². The Balaban J connectivity index is 2.15. The standard InChI is InChI=1S/C15H19NO5/c1-10(17)14-7-6-13(9-15(14)16(18)19)21-12-5-3-4-11(8-12)20-2/h6-7,9,11-12H,3-5,8H2,1-2H3. The van der Waals surface area contributed by atoms with Crippen LogP contribution >= 0.6 is 0 Å². The Morgan fingerprint density at radius 3 is 2.67 bits per heavy atom. The lowest BCUT2D eigenvalue weighted by Gasteiger charge is -2.28. The van der Waals surface area contributed by atoms with Gasteiger partial charge in [0.15, 0.2) is 5.78 Å². The zero-order valence-corrected chi connectivity index (χ0v) is 12.2. The van der Waals surface area contributed by atoms with Gasteiger partial charge in [-0.2, -0.15) is 0 Å². The van der Waals surface area contributed by atoms with E-state index in [0.29, 0.717) is 5.75 Å². The predicted molar refractivity (Wildman–Crippen MR) is 76.8 cm³/mol. The van der Waals surface area contributed by atoms with Crippen molar-refractivity contribution in [1.29, 1.82) is 0 Å². The second-order valence-corrected chi connectivity index (χ2v) is 5.26. The summed E-state index contributed by atoms with van der Waals surface area (Å²) in [5.74, 6) is 0.0961. The summed E-state index contributed by atoms with van der Waals surface area (Å²) < 4.78 is 11.2. The van der Waals surface area contributed by atoms with Gasteiger partial charge in [0, 0.05) is 13.5 Å². The van der Waals surface area contributed by atoms with Crippen molar-refractivity contribution in [2.45, 2.75) is 44.8 Å². The van der Waals surface area contributed by atoms with Gasteiger partial charge in [-0.15, -0.1) is 0 Å². The van der Waals surface area contributed by atoms with Crippen LogP contribution in [0, 0.1) is 10.1 Å². The van der Waals surface area contributed by atoms with Crippen LogP contribution in [0.3, 0.4) is 0 Å². The molecule has 6 heteroatoms. The Hall–Kier alpha value is -1.95. The molecule has 2 rings (SSSR count). The van der Waals surface area contributed by atoms with E-state index in [4.69, 9.17) is 9.47 Å². The number of ketones is 1. The van der Waals surface area contributed by atoms with Gasteiger partial charge >= 0.3 is 0 Å². The molecule has 1 aromatic rings. The molecule has 0 aliphatic heterocycles. The molecule has 0 aromatic heterocycles. The number of nitro groups is 1. The van der Waals surface area contributed by atoms with Crippen LogP contribution in [0.1, 0.15) is 43.0 Å². The van der Waals surface area contributed by atoms with Gasteiger partial charge in [0.2, 0.25) is 0 Å². The lowest BCUT2D eigenvalue weighted by molar-refractivity contribution is -0.385. The lowest BCUT2D eigenvalue weighted by atomic mass is 9.95. The Morgan fingerprint density at radius 1 is 1.33 bits per heavy atom. The highest BCUT2D eigenvalue weighted by Gasteiger charge is 2.24. The van der Waals surface area contributed by atoms with Crippen LogP contribution < -0.4 is 4.74 Å². The molecule has 2 atom stereocenters. The summed E-state index contributed by atoms with van der Waals surface area (Å²) in [7, 11) is 1.68. The average molecular weight is 293 g/mol. The number of ether oxygens (including phenoxy) is 2. The summed E-state index contributed by atoms with van der Waals surface area (Å²) in [6.45, 7) is 1.31. The summed E-state index contributed by atoms with van der Waals surface area (Å²) in [5, 5.41) is 11.0. The number of hydrogen-bond donors (Lipinski definition) is 0. The minimum atomic E-state index is -0.553. The Labute approximate surface area is 123 Å². The van der Waals surface area contributed by atoms with Gasteiger partial charge in [-0.05, 0) is 38.3 Å². The maximum Gasteiger partial charge on any atom is 0.283 e. The highest BCUT2D eigenvalue weighted by Crippen LogP contribution is 2.29. The van der Waals surface area contributed by atoms with Crippen LogP contribution in [-0.4, -0.2) is 30.0 Å². The molecule has 1 fully saturated rings. The summed E-state index contributed by atoms with van der Waals surface area (Å²) in [4.78, 5) is 21.9. The van der Waals surface area contributed by atoms with Crippen LogP contribution in [0.2, 0.25) is 0 Å². The fourth-order valence-corrected chi connectivity index (χ4v) is 2.65. The molecule has 6 nitrogen and oxygen atoms in total. The van der Waals surface area contributed by atoms with Crippen molar-refractivity contribution >= 4 is 11.5 Å². The van der Waals surface area contributed by atoms with E-state index in [-0.39, 0.29) is 29.2 Å². The van der Waals surface area contributed by atoms with Crippen molar-refractivity contribution in [2.75, 3.05) is 7.11 Å². The molecule has 0 radical (unpaired) electrons. The first-order valence-corrected chi connectivity index (χ1v) is 7.00. The maximum atomic E-state index is 11.4. The lowest BCUT2D eigenvalue weighted by Crippen LogP contribution is -2.29. The Morgan fingerprint density at radius 2 is 2.05 bits per heavy atom. The minimum absolute atomic E-state index is 0.00789. The van der Waals surface area contributed by atoms with Crippen molar-refractivity contribution in [3.05, 3.63) is 33.9 Å². The molecule has 21 heavy (non-hydrogen) atoms. The second-order valence-electron chi connectivity index (χ2n) is 5.26. The minimum Gasteiger partial charge on any atom is -0.490 e. The molecule has 1 saturated carbocycles. The average Bonchev–Trinajstić information content (AvgIpc) is 2.47. The van der Waals surface area contributed by atoms with E-state index in [0.717, 1.165) is 25.7 Å². The van der Waals surface area contributed by atoms with Gasteiger partial charge < -0.3 is 9.47 Å². The summed E-state index contributed by atoms with van der Waals surface area (Å²) >= 11 is 0. The summed E-state index contributed by atoms with van der Waals surface area (Å²) in [5.41, 5.74) is -0.107. The zero-order chi connectivity index (χ0) is 15.4. The molecule has 0 heterocycles. The molecule has 114 valence electrons. The van der Waals surface area contributed by atoms with Gasteiger partial charge in [0.05, 0.1) is 22.7 Å². The third-order valence-electron chi connectivity index (χ3n) is 3.76. The smallest absolute Gasteiger partial charge is 0.283 e. The number of Topliss-reactive ketones (excluding diaryl/α,β-unsaturated/α-hetero) is 1. The Bertz CT molecular complexity index is 543. The molecule has 0 spiro atoms. The molecule has 2 unspecified atom stereocenters. The highest BCUT2D eigenvalue weighted by atomic mass is 16.6. The van der Waals surface area contributed by atoms with Crippen molar-refractivity contribution < 1.29 is 19.2 Å². The molecule has 0 amide bonds. The van der Waals surface area contributed by atoms with Crippen molar-refractivity contribution in [3.8, 4) is 5.75 Å². The first kappa shape index (κ1) is 15.4. The van der Waals surface area contributed by atoms with E-state index in [9.17, 15) is 14.9 Å². The predicted octanol–water partition coefficient (Wildman–Crippen LogP) is 3.13. The quantitative estimate of drug-likeness (QED) is 0.473. The first-order valence-electron chi connectivity index (χ1n) is 7.00. The van der Waals surface area contributed by atoms with Crippen LogP contribution in [0.5, 0.6) is 5.75 Å². The SMILES string of the molecule is COC1CCCC(Oc2ccc(C(C)=O)c([N+](=O)[O-])c2)C1. The number of rotatable bonds is 5. The molecule has 1 aliphatic rings. The number of carbonyl (C=O) groups is 1. The summed E-state index contributed by atoms with van der Waals surface area (Å²) in [6, 6.07) is 4.39. The monoisotopic (exact) mass is 293 g/mol. The molecule has 1 aromatic carbocycles. The van der Waals surface area contributed by atoms with E-state index in [2.05, 4.69) is 0 Å². The van der Waals surface area contributed by atoms with E-state index < -0.39 is 4.92 Å². The molecule has 0 N–H and O–H groups in total. The first-order chi connectivity index (χ1) is 10.0. The molecule has 0 saturated heterocycles. The molecular formula is C15H19NO5. The number of methoxy groups -OCH3 is 1. The van der Waals surface area contributed by atoms with Crippen molar-refractivity contribution in [1.82, 2.24) is 0 Å². The van der Waals surface area contributed by atoms with E-state index in [1.54, 1.807) is 13.2 Å². The number of nitrogens with zero attached hydrogens (tertiary/aromatic N) is 1. The summed E-state index contributed by atoms with van der Waals surface area (Å²) in [6.07, 6.45) is 3.87. The molecule has 0 bridgehead atoms. The van der Waals surface area contributed by atoms with Gasteiger partial charge in [-0.1, -0.05) is 0 Å². The zero-order valence-electron chi connectivity index (χ0n) is 12.2. The fourth-order valence-electron chi connectivity index (χ4n) is 2.65.